The molecule has 0 aliphatic rings. The van der Waals surface area contributed by atoms with E-state index in [2.05, 4.69) is 21.4 Å². The number of benzene rings is 2. The molecule has 0 saturated heterocycles. The summed E-state index contributed by atoms with van der Waals surface area (Å²) in [4.78, 5) is 20.5. The van der Waals surface area contributed by atoms with Gasteiger partial charge < -0.3 is 10.1 Å². The summed E-state index contributed by atoms with van der Waals surface area (Å²) < 4.78 is 19.1. The van der Waals surface area contributed by atoms with Crippen LogP contribution in [0.2, 0.25) is 0 Å². The van der Waals surface area contributed by atoms with Crippen LogP contribution in [0.4, 0.5) is 10.1 Å². The smallest absolute Gasteiger partial charge is 0.234 e. The van der Waals surface area contributed by atoms with Gasteiger partial charge in [-0.05, 0) is 55.3 Å². The number of hydrogen-bond donors (Lipinski definition) is 1. The predicted octanol–water partition coefficient (Wildman–Crippen LogP) is 4.63. The Hall–Kier alpha value is -3.44. The Labute approximate surface area is 171 Å². The van der Waals surface area contributed by atoms with Gasteiger partial charge in [0.2, 0.25) is 11.8 Å². The summed E-state index contributed by atoms with van der Waals surface area (Å²) in [5.41, 5.74) is 2.60. The van der Waals surface area contributed by atoms with Gasteiger partial charge in [-0.25, -0.2) is 9.37 Å². The molecule has 0 fully saturated rings. The maximum absolute atomic E-state index is 13.2. The van der Waals surface area contributed by atoms with Crippen molar-refractivity contribution in [2.45, 2.75) is 19.0 Å². The van der Waals surface area contributed by atoms with Crippen molar-refractivity contribution in [3.8, 4) is 17.7 Å². The zero-order valence-corrected chi connectivity index (χ0v) is 16.6. The number of thioether (sulfide) groups is 1. The largest absolute Gasteiger partial charge is 0.438 e. The molecule has 146 valence electrons. The van der Waals surface area contributed by atoms with Gasteiger partial charge >= 0.3 is 0 Å². The van der Waals surface area contributed by atoms with E-state index >= 15 is 0 Å². The normalized spacial score (nSPS) is 10.3. The van der Waals surface area contributed by atoms with Gasteiger partial charge in [0.05, 0.1) is 17.4 Å². The molecule has 0 spiro atoms. The molecular weight excluding hydrogens is 391 g/mol. The van der Waals surface area contributed by atoms with Crippen LogP contribution in [0.1, 0.15) is 16.7 Å². The van der Waals surface area contributed by atoms with Crippen molar-refractivity contribution in [3.63, 3.8) is 0 Å². The first-order valence-corrected chi connectivity index (χ1v) is 9.63. The zero-order chi connectivity index (χ0) is 20.8. The van der Waals surface area contributed by atoms with Crippen LogP contribution in [0.15, 0.2) is 53.8 Å². The fourth-order valence-corrected chi connectivity index (χ4v) is 3.25. The Balaban J connectivity index is 1.64. The molecule has 2 aromatic carbocycles. The second-order valence-electron chi connectivity index (χ2n) is 6.18. The third kappa shape index (κ3) is 5.53. The highest BCUT2D eigenvalue weighted by atomic mass is 32.2. The predicted molar refractivity (Wildman–Crippen MR) is 108 cm³/mol. The molecule has 6 nitrogen and oxygen atoms in total. The fourth-order valence-electron chi connectivity index (χ4n) is 2.63. The van der Waals surface area contributed by atoms with Crippen molar-refractivity contribution < 1.29 is 13.9 Å². The number of aromatic nitrogens is 2. The van der Waals surface area contributed by atoms with Crippen molar-refractivity contribution in [2.24, 2.45) is 0 Å². The highest BCUT2D eigenvalue weighted by Crippen LogP contribution is 2.29. The Bertz CT molecular complexity index is 1080. The molecule has 0 atom stereocenters. The van der Waals surface area contributed by atoms with E-state index in [9.17, 15) is 9.18 Å². The number of ether oxygens (including phenoxy) is 1. The summed E-state index contributed by atoms with van der Waals surface area (Å²) in [5, 5.41) is 12.0. The molecule has 0 bridgehead atoms. The van der Waals surface area contributed by atoms with Crippen molar-refractivity contribution in [2.75, 3.05) is 11.1 Å². The van der Waals surface area contributed by atoms with Gasteiger partial charge in [0.15, 0.2) is 5.16 Å². The number of nitriles is 1. The molecule has 0 radical (unpaired) electrons. The van der Waals surface area contributed by atoms with Gasteiger partial charge in [-0.2, -0.15) is 10.2 Å². The van der Waals surface area contributed by atoms with Gasteiger partial charge in [-0.1, -0.05) is 17.8 Å². The molecule has 1 N–H and O–H groups in total. The lowest BCUT2D eigenvalue weighted by molar-refractivity contribution is -0.113. The average molecular weight is 408 g/mol. The number of nitrogens with zero attached hydrogens (tertiary/aromatic N) is 3. The Morgan fingerprint density at radius 1 is 1.24 bits per heavy atom. The lowest BCUT2D eigenvalue weighted by Gasteiger charge is -2.12. The minimum atomic E-state index is -0.419. The van der Waals surface area contributed by atoms with Gasteiger partial charge in [-0.15, -0.1) is 0 Å². The van der Waals surface area contributed by atoms with Crippen LogP contribution in [0.25, 0.3) is 0 Å². The molecule has 0 aliphatic heterocycles. The monoisotopic (exact) mass is 408 g/mol. The number of hydrogen-bond acceptors (Lipinski definition) is 6. The Morgan fingerprint density at radius 3 is 2.69 bits per heavy atom. The van der Waals surface area contributed by atoms with Crippen LogP contribution >= 0.6 is 11.8 Å². The second kappa shape index (κ2) is 9.17. The first kappa shape index (κ1) is 20.3. The summed E-state index contributed by atoms with van der Waals surface area (Å²) in [6.07, 6.45) is 1.55. The lowest BCUT2D eigenvalue weighted by atomic mass is 10.1. The highest BCUT2D eigenvalue weighted by molar-refractivity contribution is 7.99. The third-order valence-corrected chi connectivity index (χ3v) is 4.71. The SMILES string of the molecule is Cc1cc(C#N)cc(C)c1Oc1ccnc(SCC(=O)Nc2cccc(F)c2)n1. The molecule has 8 heteroatoms. The fraction of sp³-hybridized carbons (Fsp3) is 0.143. The van der Waals surface area contributed by atoms with Crippen LogP contribution in [-0.2, 0) is 4.79 Å². The van der Waals surface area contributed by atoms with Gasteiger partial charge in [0.25, 0.3) is 0 Å². The highest BCUT2D eigenvalue weighted by Gasteiger charge is 2.11. The van der Waals surface area contributed by atoms with Crippen LogP contribution in [0.3, 0.4) is 0 Å². The molecular formula is C21H17FN4O2S. The van der Waals surface area contributed by atoms with Crippen LogP contribution < -0.4 is 10.1 Å². The molecule has 1 aromatic heterocycles. The minimum Gasteiger partial charge on any atom is -0.438 e. The van der Waals surface area contributed by atoms with Crippen LogP contribution in [0.5, 0.6) is 11.6 Å². The number of anilines is 1. The van der Waals surface area contributed by atoms with E-state index in [0.29, 0.717) is 28.0 Å². The van der Waals surface area contributed by atoms with E-state index in [0.717, 1.165) is 22.9 Å². The molecule has 29 heavy (non-hydrogen) atoms. The first-order chi connectivity index (χ1) is 13.9. The van der Waals surface area contributed by atoms with Gasteiger partial charge in [-0.3, -0.25) is 4.79 Å². The van der Waals surface area contributed by atoms with Crippen molar-refractivity contribution in [1.29, 1.82) is 5.26 Å². The number of rotatable bonds is 6. The maximum atomic E-state index is 13.2. The van der Waals surface area contributed by atoms with Crippen molar-refractivity contribution in [3.05, 3.63) is 71.2 Å². The number of halogens is 1. The molecule has 1 amide bonds. The number of carbonyl (C=O) groups excluding carboxylic acids is 1. The summed E-state index contributed by atoms with van der Waals surface area (Å²) in [5.74, 6) is 0.312. The molecule has 0 unspecified atom stereocenters. The number of nitrogens with one attached hydrogen (secondary N) is 1. The minimum absolute atomic E-state index is 0.0644. The second-order valence-corrected chi connectivity index (χ2v) is 7.12. The molecule has 0 aliphatic carbocycles. The standard InChI is InChI=1S/C21H17FN4O2S/c1-13-8-15(11-23)9-14(2)20(13)28-19-6-7-24-21(26-19)29-12-18(27)25-17-5-3-4-16(22)10-17/h3-10H,12H2,1-2H3,(H,25,27). The van der Waals surface area contributed by atoms with E-state index in [1.165, 1.54) is 18.2 Å². The Kier molecular flexibility index (Phi) is 6.42. The van der Waals surface area contributed by atoms with E-state index in [1.54, 1.807) is 30.5 Å². The number of aryl methyl sites for hydroxylation is 2. The van der Waals surface area contributed by atoms with Gasteiger partial charge in [0, 0.05) is 18.0 Å². The van der Waals surface area contributed by atoms with Gasteiger partial charge in [0.1, 0.15) is 11.6 Å². The molecule has 3 rings (SSSR count). The van der Waals surface area contributed by atoms with E-state index in [4.69, 9.17) is 10.00 Å². The van der Waals surface area contributed by atoms with Crippen LogP contribution in [0, 0.1) is 31.0 Å². The summed E-state index contributed by atoms with van der Waals surface area (Å²) in [6.45, 7) is 3.72. The quantitative estimate of drug-likeness (QED) is 0.473. The first-order valence-electron chi connectivity index (χ1n) is 8.65. The molecule has 3 aromatic rings. The van der Waals surface area contributed by atoms with Crippen LogP contribution in [-0.4, -0.2) is 21.6 Å². The molecule has 0 saturated carbocycles. The number of amides is 1. The summed E-state index contributed by atoms with van der Waals surface area (Å²) in [7, 11) is 0. The summed E-state index contributed by atoms with van der Waals surface area (Å²) in [6, 6.07) is 12.9. The maximum Gasteiger partial charge on any atom is 0.234 e. The van der Waals surface area contributed by atoms with E-state index in [-0.39, 0.29) is 11.7 Å². The zero-order valence-electron chi connectivity index (χ0n) is 15.8. The van der Waals surface area contributed by atoms with Crippen molar-refractivity contribution >= 4 is 23.4 Å². The average Bonchev–Trinajstić information content (AvgIpc) is 2.69. The molecule has 1 heterocycles. The van der Waals surface area contributed by atoms with E-state index < -0.39 is 5.82 Å². The number of carbonyl (C=O) groups is 1. The third-order valence-electron chi connectivity index (χ3n) is 3.84. The van der Waals surface area contributed by atoms with Crippen molar-refractivity contribution in [1.82, 2.24) is 9.97 Å². The van der Waals surface area contributed by atoms with E-state index in [1.807, 2.05) is 13.8 Å². The topological polar surface area (TPSA) is 87.9 Å². The summed E-state index contributed by atoms with van der Waals surface area (Å²) >= 11 is 1.14. The Morgan fingerprint density at radius 2 is 2.00 bits per heavy atom. The lowest BCUT2D eigenvalue weighted by Crippen LogP contribution is -2.14.